The molecule has 3 aromatic rings. The molecule has 2 aliphatic heterocycles. The zero-order valence-electron chi connectivity index (χ0n) is 17.0. The van der Waals surface area contributed by atoms with Gasteiger partial charge in [0.15, 0.2) is 5.65 Å². The largest absolute Gasteiger partial charge is 0.391 e. The Morgan fingerprint density at radius 1 is 1.19 bits per heavy atom. The van der Waals surface area contributed by atoms with E-state index in [-0.39, 0.29) is 12.1 Å². The summed E-state index contributed by atoms with van der Waals surface area (Å²) in [5.41, 5.74) is 1.66. The van der Waals surface area contributed by atoms with Crippen LogP contribution in [0.25, 0.3) is 5.65 Å². The molecule has 9 heteroatoms. The third-order valence-electron chi connectivity index (χ3n) is 6.04. The van der Waals surface area contributed by atoms with Crippen LogP contribution in [-0.4, -0.2) is 50.3 Å². The summed E-state index contributed by atoms with van der Waals surface area (Å²) in [6.07, 6.45) is 5.45. The molecule has 2 unspecified atom stereocenters. The highest BCUT2D eigenvalue weighted by atomic mass is 19.1. The summed E-state index contributed by atoms with van der Waals surface area (Å²) >= 11 is 0. The molecule has 0 spiro atoms. The van der Waals surface area contributed by atoms with Crippen LogP contribution >= 0.6 is 0 Å². The second-order valence-electron chi connectivity index (χ2n) is 8.09. The zero-order valence-corrected chi connectivity index (χ0v) is 17.0. The molecule has 0 amide bonds. The molecule has 0 radical (unpaired) electrons. The fourth-order valence-electron chi connectivity index (χ4n) is 4.46. The van der Waals surface area contributed by atoms with E-state index >= 15 is 0 Å². The number of aliphatic hydroxyl groups excluding tert-OH is 1. The van der Waals surface area contributed by atoms with Gasteiger partial charge in [-0.1, -0.05) is 6.58 Å². The number of fused-ring (bicyclic) bond motifs is 1. The molecular formula is C22H24F2N6O. The lowest BCUT2D eigenvalue weighted by atomic mass is 10.0. The number of hydrogen-bond donors (Lipinski definition) is 2. The molecule has 4 heterocycles. The molecular weight excluding hydrogens is 402 g/mol. The smallest absolute Gasteiger partial charge is 0.180 e. The number of benzene rings is 1. The first kappa shape index (κ1) is 19.7. The van der Waals surface area contributed by atoms with Crippen molar-refractivity contribution in [1.82, 2.24) is 19.5 Å². The lowest BCUT2D eigenvalue weighted by Crippen LogP contribution is -2.25. The number of rotatable bonds is 5. The molecule has 0 saturated carbocycles. The van der Waals surface area contributed by atoms with E-state index in [1.54, 1.807) is 10.7 Å². The minimum absolute atomic E-state index is 0.272. The van der Waals surface area contributed by atoms with Crippen LogP contribution in [0.5, 0.6) is 0 Å². The van der Waals surface area contributed by atoms with Gasteiger partial charge in [-0.15, -0.1) is 0 Å². The van der Waals surface area contributed by atoms with Crippen LogP contribution in [0, 0.1) is 11.6 Å². The van der Waals surface area contributed by atoms with Crippen LogP contribution in [0.15, 0.2) is 49.1 Å². The average Bonchev–Trinajstić information content (AvgIpc) is 3.49. The van der Waals surface area contributed by atoms with E-state index in [0.29, 0.717) is 48.0 Å². The van der Waals surface area contributed by atoms with Gasteiger partial charge in [0.25, 0.3) is 0 Å². The number of anilines is 2. The highest BCUT2D eigenvalue weighted by Gasteiger charge is 2.30. The Kier molecular flexibility index (Phi) is 4.97. The van der Waals surface area contributed by atoms with Crippen LogP contribution < -0.4 is 10.2 Å². The van der Waals surface area contributed by atoms with Crippen molar-refractivity contribution in [3.05, 3.63) is 66.3 Å². The first-order valence-electron chi connectivity index (χ1n) is 10.4. The summed E-state index contributed by atoms with van der Waals surface area (Å²) in [7, 11) is 0. The fraction of sp³-hybridized carbons (Fsp3) is 0.364. The maximum Gasteiger partial charge on any atom is 0.180 e. The molecule has 2 N–H and O–H groups in total. The topological polar surface area (TPSA) is 68.9 Å². The van der Waals surface area contributed by atoms with Gasteiger partial charge in [0, 0.05) is 31.4 Å². The van der Waals surface area contributed by atoms with Gasteiger partial charge in [-0.25, -0.2) is 18.3 Å². The van der Waals surface area contributed by atoms with Crippen molar-refractivity contribution < 1.29 is 13.9 Å². The van der Waals surface area contributed by atoms with Gasteiger partial charge < -0.3 is 20.2 Å². The van der Waals surface area contributed by atoms with Crippen molar-refractivity contribution in [2.45, 2.75) is 31.4 Å². The van der Waals surface area contributed by atoms with Gasteiger partial charge in [0.2, 0.25) is 0 Å². The Hall–Kier alpha value is -3.20. The van der Waals surface area contributed by atoms with Gasteiger partial charge in [0.05, 0.1) is 24.2 Å². The first-order chi connectivity index (χ1) is 15.0. The van der Waals surface area contributed by atoms with E-state index in [0.717, 1.165) is 25.5 Å². The predicted octanol–water partition coefficient (Wildman–Crippen LogP) is 3.30. The maximum atomic E-state index is 14.4. The van der Waals surface area contributed by atoms with E-state index < -0.39 is 11.6 Å². The van der Waals surface area contributed by atoms with Crippen LogP contribution in [-0.2, 0) is 0 Å². The van der Waals surface area contributed by atoms with Crippen molar-refractivity contribution in [2.24, 2.45) is 0 Å². The molecule has 2 fully saturated rings. The van der Waals surface area contributed by atoms with Crippen LogP contribution in [0.4, 0.5) is 20.3 Å². The van der Waals surface area contributed by atoms with Gasteiger partial charge in [0.1, 0.15) is 23.1 Å². The van der Waals surface area contributed by atoms with Crippen LogP contribution in [0.2, 0.25) is 0 Å². The van der Waals surface area contributed by atoms with E-state index in [1.807, 2.05) is 22.1 Å². The molecule has 1 aromatic carbocycles. The lowest BCUT2D eigenvalue weighted by Gasteiger charge is -2.26. The number of likely N-dealkylation sites (tertiary alicyclic amines) is 1. The average molecular weight is 426 g/mol. The summed E-state index contributed by atoms with van der Waals surface area (Å²) in [5, 5.41) is 17.4. The Balaban J connectivity index is 1.43. The predicted molar refractivity (Wildman–Crippen MR) is 114 cm³/mol. The molecule has 2 aliphatic rings. The molecule has 2 aromatic heterocycles. The first-order valence-corrected chi connectivity index (χ1v) is 10.4. The summed E-state index contributed by atoms with van der Waals surface area (Å²) in [6, 6.07) is 5.16. The van der Waals surface area contributed by atoms with Crippen molar-refractivity contribution in [3.63, 3.8) is 0 Å². The maximum absolute atomic E-state index is 14.4. The Bertz CT molecular complexity index is 1130. The van der Waals surface area contributed by atoms with E-state index in [9.17, 15) is 13.9 Å². The van der Waals surface area contributed by atoms with Crippen molar-refractivity contribution >= 4 is 17.2 Å². The number of nitrogens with zero attached hydrogens (tertiary/aromatic N) is 5. The lowest BCUT2D eigenvalue weighted by molar-refractivity contribution is 0.184. The number of aromatic nitrogens is 3. The number of aliphatic hydroxyl groups is 1. The zero-order chi connectivity index (χ0) is 21.5. The van der Waals surface area contributed by atoms with Gasteiger partial charge in [-0.2, -0.15) is 5.10 Å². The molecule has 5 rings (SSSR count). The normalized spacial score (nSPS) is 21.3. The van der Waals surface area contributed by atoms with Crippen molar-refractivity contribution in [1.29, 1.82) is 0 Å². The van der Waals surface area contributed by atoms with E-state index in [4.69, 9.17) is 4.98 Å². The number of β-amino-alcohol motifs (C(OH)–C–C–N with tert-alkyl or cyclic N) is 1. The Morgan fingerprint density at radius 3 is 2.87 bits per heavy atom. The van der Waals surface area contributed by atoms with Gasteiger partial charge in [-0.3, -0.25) is 0 Å². The van der Waals surface area contributed by atoms with Crippen LogP contribution in [0.3, 0.4) is 0 Å². The quantitative estimate of drug-likeness (QED) is 0.653. The van der Waals surface area contributed by atoms with Crippen LogP contribution in [0.1, 0.15) is 30.9 Å². The molecule has 7 nitrogen and oxygen atoms in total. The Morgan fingerprint density at radius 2 is 2.06 bits per heavy atom. The summed E-state index contributed by atoms with van der Waals surface area (Å²) in [4.78, 5) is 8.78. The summed E-state index contributed by atoms with van der Waals surface area (Å²) in [6.45, 7) is 6.06. The molecule has 0 aliphatic carbocycles. The standard InChI is InChI=1S/C22H24F2N6O/c1-14(28-9-6-16(31)13-28)26-19-12-25-30-10-7-21(27-22(19)30)29-8-2-3-20(29)17-11-15(23)4-5-18(17)24/h4-5,7,10-12,16,20,26,31H,1-3,6,8-9,13H2. The number of hydrogen-bond acceptors (Lipinski definition) is 6. The second-order valence-corrected chi connectivity index (χ2v) is 8.09. The molecule has 162 valence electrons. The molecule has 31 heavy (non-hydrogen) atoms. The summed E-state index contributed by atoms with van der Waals surface area (Å²) in [5.74, 6) is 0.513. The minimum atomic E-state index is -0.445. The van der Waals surface area contributed by atoms with E-state index in [1.165, 1.54) is 12.1 Å². The second kappa shape index (κ2) is 7.81. The monoisotopic (exact) mass is 426 g/mol. The highest BCUT2D eigenvalue weighted by molar-refractivity contribution is 5.70. The number of halogens is 2. The fourth-order valence-corrected chi connectivity index (χ4v) is 4.46. The summed E-state index contributed by atoms with van der Waals surface area (Å²) < 4.78 is 29.9. The molecule has 2 atom stereocenters. The third-order valence-corrected chi connectivity index (χ3v) is 6.04. The molecule has 2 saturated heterocycles. The highest BCUT2D eigenvalue weighted by Crippen LogP contribution is 2.37. The SMILES string of the molecule is C=C(Nc1cnn2ccc(N3CCCC3c3cc(F)ccc3F)nc12)N1CCC(O)C1. The van der Waals surface area contributed by atoms with Gasteiger partial charge in [-0.05, 0) is 43.5 Å². The Labute approximate surface area is 178 Å². The minimum Gasteiger partial charge on any atom is -0.391 e. The van der Waals surface area contributed by atoms with E-state index in [2.05, 4.69) is 17.0 Å². The van der Waals surface area contributed by atoms with Crippen molar-refractivity contribution in [2.75, 3.05) is 29.9 Å². The van der Waals surface area contributed by atoms with Gasteiger partial charge >= 0.3 is 0 Å². The number of nitrogens with one attached hydrogen (secondary N) is 1. The van der Waals surface area contributed by atoms with Crippen molar-refractivity contribution in [3.8, 4) is 0 Å². The third kappa shape index (κ3) is 3.69. The molecule has 0 bridgehead atoms.